The fourth-order valence-corrected chi connectivity index (χ4v) is 4.47. The Balaban J connectivity index is 1.52. The van der Waals surface area contributed by atoms with Crippen molar-refractivity contribution in [2.45, 2.75) is 20.0 Å². The summed E-state index contributed by atoms with van der Waals surface area (Å²) >= 11 is 1.72. The molecule has 1 aliphatic heterocycles. The van der Waals surface area contributed by atoms with Crippen LogP contribution in [0.5, 0.6) is 23.0 Å². The summed E-state index contributed by atoms with van der Waals surface area (Å²) in [6.45, 7) is 3.66. The van der Waals surface area contributed by atoms with Crippen molar-refractivity contribution in [3.05, 3.63) is 80.3 Å². The lowest BCUT2D eigenvalue weighted by molar-refractivity contribution is 0.0899. The second-order valence-corrected chi connectivity index (χ2v) is 8.39. The zero-order chi connectivity index (χ0) is 21.4. The molecule has 0 amide bonds. The maximum absolute atomic E-state index is 13.3. The maximum atomic E-state index is 13.3. The van der Waals surface area contributed by atoms with Gasteiger partial charge in [0, 0.05) is 24.0 Å². The van der Waals surface area contributed by atoms with Crippen molar-refractivity contribution in [1.29, 1.82) is 0 Å². The van der Waals surface area contributed by atoms with Crippen molar-refractivity contribution in [1.82, 2.24) is 4.90 Å². The van der Waals surface area contributed by atoms with Crippen LogP contribution >= 0.6 is 11.3 Å². The molecule has 0 saturated carbocycles. The molecule has 4 aromatic rings. The fourth-order valence-electron chi connectivity index (χ4n) is 3.73. The van der Waals surface area contributed by atoms with E-state index in [1.54, 1.807) is 43.6 Å². The molecule has 5 rings (SSSR count). The van der Waals surface area contributed by atoms with Crippen LogP contribution in [0.2, 0.25) is 0 Å². The van der Waals surface area contributed by atoms with Gasteiger partial charge in [0.15, 0.2) is 0 Å². The van der Waals surface area contributed by atoms with E-state index in [2.05, 4.69) is 16.3 Å². The van der Waals surface area contributed by atoms with E-state index in [0.29, 0.717) is 41.5 Å². The van der Waals surface area contributed by atoms with Crippen LogP contribution in [-0.2, 0) is 13.1 Å². The Kier molecular flexibility index (Phi) is 5.13. The molecule has 0 aliphatic carbocycles. The molecule has 0 unspecified atom stereocenters. The quantitative estimate of drug-likeness (QED) is 0.423. The Hall–Kier alpha value is -3.29. The van der Waals surface area contributed by atoms with Gasteiger partial charge in [0.25, 0.3) is 0 Å². The van der Waals surface area contributed by atoms with Crippen molar-refractivity contribution in [3.63, 3.8) is 0 Å². The first-order valence-electron chi connectivity index (χ1n) is 9.91. The van der Waals surface area contributed by atoms with Gasteiger partial charge in [0.2, 0.25) is 11.2 Å². The van der Waals surface area contributed by atoms with E-state index in [0.717, 1.165) is 17.9 Å². The van der Waals surface area contributed by atoms with Crippen LogP contribution in [0.1, 0.15) is 16.2 Å². The highest BCUT2D eigenvalue weighted by Gasteiger charge is 2.24. The van der Waals surface area contributed by atoms with E-state index in [9.17, 15) is 4.79 Å². The number of nitrogens with zero attached hydrogens (tertiary/aromatic N) is 1. The predicted octanol–water partition coefficient (Wildman–Crippen LogP) is 5.32. The van der Waals surface area contributed by atoms with Crippen LogP contribution < -0.4 is 19.6 Å². The first-order valence-corrected chi connectivity index (χ1v) is 10.8. The zero-order valence-electron chi connectivity index (χ0n) is 17.2. The summed E-state index contributed by atoms with van der Waals surface area (Å²) in [7, 11) is 1.59. The van der Waals surface area contributed by atoms with E-state index in [4.69, 9.17) is 18.6 Å². The SMILES string of the molecule is COc1cccc(Oc2c(C)oc3c4c(ccc3c2=O)OCN(Cc2cccs2)C4)c1. The summed E-state index contributed by atoms with van der Waals surface area (Å²) in [5.74, 6) is 2.51. The number of benzene rings is 2. The molecule has 31 heavy (non-hydrogen) atoms. The van der Waals surface area contributed by atoms with Gasteiger partial charge in [-0.1, -0.05) is 12.1 Å². The number of aryl methyl sites for hydroxylation is 1. The largest absolute Gasteiger partial charge is 0.497 e. The topological polar surface area (TPSA) is 61.1 Å². The van der Waals surface area contributed by atoms with Crippen molar-refractivity contribution < 1.29 is 18.6 Å². The standard InChI is InChI=1S/C24H21NO5S/c1-15-23(30-17-6-3-5-16(11-17)27-2)22(26)19-8-9-21-20(24(19)29-15)13-25(14-28-21)12-18-7-4-10-31-18/h3-11H,12-14H2,1-2H3. The number of fused-ring (bicyclic) bond motifs is 3. The third kappa shape index (κ3) is 3.78. The lowest BCUT2D eigenvalue weighted by atomic mass is 10.1. The molecule has 0 saturated heterocycles. The highest BCUT2D eigenvalue weighted by Crippen LogP contribution is 2.35. The normalized spacial score (nSPS) is 13.6. The van der Waals surface area contributed by atoms with Crippen LogP contribution in [0.3, 0.4) is 0 Å². The minimum Gasteiger partial charge on any atom is -0.497 e. The third-order valence-corrected chi connectivity index (χ3v) is 6.11. The minimum atomic E-state index is -0.209. The highest BCUT2D eigenvalue weighted by molar-refractivity contribution is 7.09. The number of hydrogen-bond donors (Lipinski definition) is 0. The smallest absolute Gasteiger partial charge is 0.235 e. The number of thiophene rings is 1. The van der Waals surface area contributed by atoms with Crippen molar-refractivity contribution in [2.75, 3.05) is 13.8 Å². The molecule has 0 spiro atoms. The number of ether oxygens (including phenoxy) is 3. The molecule has 7 heteroatoms. The predicted molar refractivity (Wildman–Crippen MR) is 119 cm³/mol. The van der Waals surface area contributed by atoms with Crippen molar-refractivity contribution in [3.8, 4) is 23.0 Å². The average molecular weight is 436 g/mol. The first-order chi connectivity index (χ1) is 15.1. The Morgan fingerprint density at radius 3 is 2.81 bits per heavy atom. The Morgan fingerprint density at radius 1 is 1.13 bits per heavy atom. The van der Waals surface area contributed by atoms with Crippen LogP contribution in [0.4, 0.5) is 0 Å². The molecule has 1 aliphatic rings. The van der Waals surface area contributed by atoms with Gasteiger partial charge in [-0.15, -0.1) is 11.3 Å². The van der Waals surface area contributed by atoms with Gasteiger partial charge in [-0.3, -0.25) is 9.69 Å². The number of hydrogen-bond acceptors (Lipinski definition) is 7. The van der Waals surface area contributed by atoms with Gasteiger partial charge in [0.1, 0.15) is 35.3 Å². The minimum absolute atomic E-state index is 0.174. The van der Waals surface area contributed by atoms with Crippen molar-refractivity contribution in [2.24, 2.45) is 0 Å². The molecule has 158 valence electrons. The summed E-state index contributed by atoms with van der Waals surface area (Å²) in [6.07, 6.45) is 0. The van der Waals surface area contributed by atoms with Gasteiger partial charge < -0.3 is 18.6 Å². The van der Waals surface area contributed by atoms with E-state index in [1.165, 1.54) is 4.88 Å². The molecule has 2 aromatic carbocycles. The van der Waals surface area contributed by atoms with E-state index >= 15 is 0 Å². The van der Waals surface area contributed by atoms with E-state index in [-0.39, 0.29) is 11.2 Å². The van der Waals surface area contributed by atoms with E-state index in [1.807, 2.05) is 24.3 Å². The van der Waals surface area contributed by atoms with Crippen LogP contribution in [-0.4, -0.2) is 18.7 Å². The third-order valence-electron chi connectivity index (χ3n) is 5.25. The zero-order valence-corrected chi connectivity index (χ0v) is 18.0. The molecule has 0 N–H and O–H groups in total. The van der Waals surface area contributed by atoms with E-state index < -0.39 is 0 Å². The second-order valence-electron chi connectivity index (χ2n) is 7.36. The Labute approximate surface area is 183 Å². The fraction of sp³-hybridized carbons (Fsp3) is 0.208. The lowest BCUT2D eigenvalue weighted by Gasteiger charge is -2.29. The number of methoxy groups -OCH3 is 1. The molecule has 0 radical (unpaired) electrons. The highest BCUT2D eigenvalue weighted by atomic mass is 32.1. The molecule has 0 bridgehead atoms. The average Bonchev–Trinajstić information content (AvgIpc) is 3.30. The van der Waals surface area contributed by atoms with Crippen LogP contribution in [0.15, 0.2) is 63.1 Å². The van der Waals surface area contributed by atoms with Gasteiger partial charge >= 0.3 is 0 Å². The Bertz CT molecular complexity index is 1300. The van der Waals surface area contributed by atoms with Crippen LogP contribution in [0.25, 0.3) is 11.0 Å². The van der Waals surface area contributed by atoms with Gasteiger partial charge in [0.05, 0.1) is 18.1 Å². The monoisotopic (exact) mass is 435 g/mol. The second kappa shape index (κ2) is 8.09. The molecule has 3 heterocycles. The van der Waals surface area contributed by atoms with Gasteiger partial charge in [-0.2, -0.15) is 0 Å². The molecule has 0 fully saturated rings. The maximum Gasteiger partial charge on any atom is 0.235 e. The molecule has 0 atom stereocenters. The molecule has 2 aromatic heterocycles. The molecular weight excluding hydrogens is 414 g/mol. The first kappa shape index (κ1) is 19.7. The summed E-state index contributed by atoms with van der Waals surface area (Å²) in [4.78, 5) is 16.7. The van der Waals surface area contributed by atoms with Gasteiger partial charge in [-0.05, 0) is 42.6 Å². The van der Waals surface area contributed by atoms with Crippen molar-refractivity contribution >= 4 is 22.3 Å². The number of rotatable bonds is 5. The Morgan fingerprint density at radius 2 is 2.00 bits per heavy atom. The van der Waals surface area contributed by atoms with Crippen LogP contribution in [0, 0.1) is 6.92 Å². The summed E-state index contributed by atoms with van der Waals surface area (Å²) in [5.41, 5.74) is 1.22. The summed E-state index contributed by atoms with van der Waals surface area (Å²) in [5, 5.41) is 2.54. The lowest BCUT2D eigenvalue weighted by Crippen LogP contribution is -2.31. The summed E-state index contributed by atoms with van der Waals surface area (Å²) in [6, 6.07) is 14.9. The molecular formula is C24H21NO5S. The summed E-state index contributed by atoms with van der Waals surface area (Å²) < 4.78 is 23.2. The molecule has 6 nitrogen and oxygen atoms in total. The van der Waals surface area contributed by atoms with Gasteiger partial charge in [-0.25, -0.2) is 0 Å².